The monoisotopic (exact) mass is 248 g/mol. The number of aliphatic hydroxyl groups is 1. The second-order valence-corrected chi connectivity index (χ2v) is 5.52. The third-order valence-electron chi connectivity index (χ3n) is 4.23. The van der Waals surface area contributed by atoms with Gasteiger partial charge < -0.3 is 15.2 Å². The molecule has 2 aliphatic heterocycles. The Balaban J connectivity index is 1.89. The molecule has 2 atom stereocenters. The number of ether oxygens (including phenoxy) is 1. The standard InChI is InChI=1S/C14H20N2O2/c1-18-13-7-10(5-6-15-13)14(17)8-11-3-2-4-12(9-14)16-11/h5-7,11-12,16-17H,2-4,8-9H2,1H3. The minimum atomic E-state index is -0.725. The molecule has 18 heavy (non-hydrogen) atoms. The van der Waals surface area contributed by atoms with Crippen molar-refractivity contribution in [3.63, 3.8) is 0 Å². The topological polar surface area (TPSA) is 54.4 Å². The van der Waals surface area contributed by atoms with Gasteiger partial charge in [0.1, 0.15) is 0 Å². The molecule has 2 unspecified atom stereocenters. The van der Waals surface area contributed by atoms with E-state index >= 15 is 0 Å². The Morgan fingerprint density at radius 1 is 1.39 bits per heavy atom. The predicted molar refractivity (Wildman–Crippen MR) is 68.5 cm³/mol. The van der Waals surface area contributed by atoms with Gasteiger partial charge in [0.15, 0.2) is 0 Å². The van der Waals surface area contributed by atoms with Crippen molar-refractivity contribution in [3.8, 4) is 5.88 Å². The maximum atomic E-state index is 10.9. The Bertz CT molecular complexity index is 424. The Hall–Kier alpha value is -1.13. The lowest BCUT2D eigenvalue weighted by Crippen LogP contribution is -2.54. The average Bonchev–Trinajstić information content (AvgIpc) is 2.38. The van der Waals surface area contributed by atoms with Crippen molar-refractivity contribution in [1.82, 2.24) is 10.3 Å². The van der Waals surface area contributed by atoms with Crippen LogP contribution in [0, 0.1) is 0 Å². The van der Waals surface area contributed by atoms with Gasteiger partial charge >= 0.3 is 0 Å². The average molecular weight is 248 g/mol. The van der Waals surface area contributed by atoms with Crippen molar-refractivity contribution < 1.29 is 9.84 Å². The second kappa shape index (κ2) is 4.52. The van der Waals surface area contributed by atoms with Gasteiger partial charge in [-0.2, -0.15) is 0 Å². The van der Waals surface area contributed by atoms with Gasteiger partial charge in [0.2, 0.25) is 5.88 Å². The minimum Gasteiger partial charge on any atom is -0.481 e. The lowest BCUT2D eigenvalue weighted by Gasteiger charge is -2.45. The summed E-state index contributed by atoms with van der Waals surface area (Å²) in [5.41, 5.74) is 0.213. The zero-order valence-corrected chi connectivity index (χ0v) is 10.7. The first-order valence-electron chi connectivity index (χ1n) is 6.68. The number of pyridine rings is 1. The van der Waals surface area contributed by atoms with E-state index in [0.29, 0.717) is 18.0 Å². The molecule has 2 fully saturated rings. The highest BCUT2D eigenvalue weighted by Gasteiger charge is 2.41. The molecule has 3 rings (SSSR count). The molecule has 0 amide bonds. The molecule has 2 N–H and O–H groups in total. The van der Waals surface area contributed by atoms with Crippen LogP contribution in [0.4, 0.5) is 0 Å². The second-order valence-electron chi connectivity index (χ2n) is 5.52. The number of rotatable bonds is 2. The highest BCUT2D eigenvalue weighted by molar-refractivity contribution is 5.27. The maximum Gasteiger partial charge on any atom is 0.213 e. The fourth-order valence-electron chi connectivity index (χ4n) is 3.38. The quantitative estimate of drug-likeness (QED) is 0.834. The number of hydrogen-bond donors (Lipinski definition) is 2. The summed E-state index contributed by atoms with van der Waals surface area (Å²) >= 11 is 0. The van der Waals surface area contributed by atoms with Gasteiger partial charge in [-0.15, -0.1) is 0 Å². The van der Waals surface area contributed by atoms with E-state index in [1.54, 1.807) is 13.3 Å². The van der Waals surface area contributed by atoms with Crippen LogP contribution in [0.15, 0.2) is 18.3 Å². The van der Waals surface area contributed by atoms with Crippen LogP contribution in [0.3, 0.4) is 0 Å². The van der Waals surface area contributed by atoms with Crippen LogP contribution < -0.4 is 10.1 Å². The van der Waals surface area contributed by atoms with Crippen LogP contribution in [0.1, 0.15) is 37.7 Å². The molecule has 2 saturated heterocycles. The molecular weight excluding hydrogens is 228 g/mol. The van der Waals surface area contributed by atoms with Crippen LogP contribution in [-0.2, 0) is 5.60 Å². The van der Waals surface area contributed by atoms with E-state index in [9.17, 15) is 5.11 Å². The van der Waals surface area contributed by atoms with E-state index in [0.717, 1.165) is 18.4 Å². The van der Waals surface area contributed by atoms with Crippen LogP contribution in [0.2, 0.25) is 0 Å². The third-order valence-corrected chi connectivity index (χ3v) is 4.23. The van der Waals surface area contributed by atoms with Crippen LogP contribution in [0.25, 0.3) is 0 Å². The molecule has 0 aliphatic carbocycles. The number of piperidine rings is 2. The van der Waals surface area contributed by atoms with Gasteiger partial charge in [-0.1, -0.05) is 6.42 Å². The molecule has 1 aromatic rings. The molecule has 1 aromatic heterocycles. The number of fused-ring (bicyclic) bond motifs is 2. The normalized spacial score (nSPS) is 35.2. The summed E-state index contributed by atoms with van der Waals surface area (Å²) in [6.45, 7) is 0. The van der Waals surface area contributed by atoms with E-state index in [2.05, 4.69) is 10.3 Å². The molecule has 98 valence electrons. The van der Waals surface area contributed by atoms with Crippen molar-refractivity contribution in [2.75, 3.05) is 7.11 Å². The molecule has 0 saturated carbocycles. The molecule has 2 bridgehead atoms. The highest BCUT2D eigenvalue weighted by atomic mass is 16.5. The molecule has 0 radical (unpaired) electrons. The number of nitrogens with zero attached hydrogens (tertiary/aromatic N) is 1. The van der Waals surface area contributed by atoms with Crippen LogP contribution >= 0.6 is 0 Å². The van der Waals surface area contributed by atoms with Crippen molar-refractivity contribution in [1.29, 1.82) is 0 Å². The molecule has 3 heterocycles. The van der Waals surface area contributed by atoms with Crippen molar-refractivity contribution in [2.24, 2.45) is 0 Å². The SMILES string of the molecule is COc1cc(C2(O)CC3CCCC(C2)N3)ccn1. The molecule has 4 heteroatoms. The first kappa shape index (κ1) is 11.9. The van der Waals surface area contributed by atoms with Gasteiger partial charge in [0.25, 0.3) is 0 Å². The van der Waals surface area contributed by atoms with Crippen molar-refractivity contribution in [3.05, 3.63) is 23.9 Å². The summed E-state index contributed by atoms with van der Waals surface area (Å²) in [7, 11) is 1.60. The van der Waals surface area contributed by atoms with E-state index in [4.69, 9.17) is 4.74 Å². The number of hydrogen-bond acceptors (Lipinski definition) is 4. The van der Waals surface area contributed by atoms with Gasteiger partial charge in [-0.25, -0.2) is 4.98 Å². The van der Waals surface area contributed by atoms with Gasteiger partial charge in [-0.3, -0.25) is 0 Å². The fraction of sp³-hybridized carbons (Fsp3) is 0.643. The summed E-state index contributed by atoms with van der Waals surface area (Å²) in [4.78, 5) is 4.11. The molecule has 4 nitrogen and oxygen atoms in total. The van der Waals surface area contributed by atoms with Crippen LogP contribution in [0.5, 0.6) is 5.88 Å². The van der Waals surface area contributed by atoms with Gasteiger partial charge in [-0.05, 0) is 37.3 Å². The van der Waals surface area contributed by atoms with E-state index in [1.807, 2.05) is 12.1 Å². The maximum absolute atomic E-state index is 10.9. The summed E-state index contributed by atoms with van der Waals surface area (Å²) in [6.07, 6.45) is 6.90. The summed E-state index contributed by atoms with van der Waals surface area (Å²) in [5.74, 6) is 0.574. The number of nitrogens with one attached hydrogen (secondary N) is 1. The van der Waals surface area contributed by atoms with E-state index in [-0.39, 0.29) is 0 Å². The van der Waals surface area contributed by atoms with Gasteiger partial charge in [0, 0.05) is 24.3 Å². The fourth-order valence-corrected chi connectivity index (χ4v) is 3.38. The summed E-state index contributed by atoms with van der Waals surface area (Å²) in [6, 6.07) is 4.66. The first-order chi connectivity index (χ1) is 8.69. The minimum absolute atomic E-state index is 0.446. The molecule has 0 spiro atoms. The lowest BCUT2D eigenvalue weighted by molar-refractivity contribution is -0.0360. The smallest absolute Gasteiger partial charge is 0.213 e. The Morgan fingerprint density at radius 2 is 2.11 bits per heavy atom. The number of methoxy groups -OCH3 is 1. The van der Waals surface area contributed by atoms with Crippen molar-refractivity contribution in [2.45, 2.75) is 49.8 Å². The Morgan fingerprint density at radius 3 is 2.78 bits per heavy atom. The zero-order valence-electron chi connectivity index (χ0n) is 10.7. The third kappa shape index (κ3) is 2.10. The largest absolute Gasteiger partial charge is 0.481 e. The molecule has 0 aromatic carbocycles. The lowest BCUT2D eigenvalue weighted by atomic mass is 9.74. The summed E-state index contributed by atoms with van der Waals surface area (Å²) < 4.78 is 5.15. The molecule has 2 aliphatic rings. The Labute approximate surface area is 107 Å². The predicted octanol–water partition coefficient (Wildman–Crippen LogP) is 1.58. The van der Waals surface area contributed by atoms with Gasteiger partial charge in [0.05, 0.1) is 12.7 Å². The van der Waals surface area contributed by atoms with Crippen LogP contribution in [-0.4, -0.2) is 29.3 Å². The Kier molecular flexibility index (Phi) is 2.99. The molecular formula is C14H20N2O2. The van der Waals surface area contributed by atoms with Crippen molar-refractivity contribution >= 4 is 0 Å². The van der Waals surface area contributed by atoms with E-state index in [1.165, 1.54) is 19.3 Å². The number of aromatic nitrogens is 1. The highest BCUT2D eigenvalue weighted by Crippen LogP contribution is 2.39. The zero-order chi connectivity index (χ0) is 12.6. The first-order valence-corrected chi connectivity index (χ1v) is 6.68. The summed E-state index contributed by atoms with van der Waals surface area (Å²) in [5, 5.41) is 14.5. The van der Waals surface area contributed by atoms with E-state index < -0.39 is 5.60 Å².